The van der Waals surface area contributed by atoms with Gasteiger partial charge in [0.1, 0.15) is 17.6 Å². The monoisotopic (exact) mass is 326 g/mol. The number of hydrogen-bond acceptors (Lipinski definition) is 4. The van der Waals surface area contributed by atoms with Gasteiger partial charge in [-0.1, -0.05) is 18.2 Å². The summed E-state index contributed by atoms with van der Waals surface area (Å²) in [7, 11) is 0. The van der Waals surface area contributed by atoms with Crippen LogP contribution in [0.5, 0.6) is 0 Å². The van der Waals surface area contributed by atoms with Crippen molar-refractivity contribution in [3.05, 3.63) is 53.5 Å². The predicted molar refractivity (Wildman–Crippen MR) is 90.9 cm³/mol. The summed E-state index contributed by atoms with van der Waals surface area (Å²) in [5.74, 6) is 1.80. The number of carbonyl (C=O) groups excluding carboxylic acids is 1. The van der Waals surface area contributed by atoms with Crippen LogP contribution < -0.4 is 5.32 Å². The number of anilines is 1. The zero-order valence-electron chi connectivity index (χ0n) is 13.8. The molecule has 0 unspecified atom stereocenters. The second-order valence-electron chi connectivity index (χ2n) is 6.50. The zero-order valence-corrected chi connectivity index (χ0v) is 13.8. The van der Waals surface area contributed by atoms with Crippen molar-refractivity contribution in [3.63, 3.8) is 0 Å². The molecule has 2 aliphatic heterocycles. The molecule has 1 N–H and O–H groups in total. The van der Waals surface area contributed by atoms with Crippen LogP contribution >= 0.6 is 0 Å². The van der Waals surface area contributed by atoms with Crippen molar-refractivity contribution in [1.82, 2.24) is 4.90 Å². The lowest BCUT2D eigenvalue weighted by Crippen LogP contribution is -2.49. The normalized spacial score (nSPS) is 25.0. The molecule has 4 rings (SSSR count). The summed E-state index contributed by atoms with van der Waals surface area (Å²) >= 11 is 0. The largest absolute Gasteiger partial charge is 0.464 e. The van der Waals surface area contributed by atoms with Gasteiger partial charge in [-0.25, -0.2) is 0 Å². The predicted octanol–water partition coefficient (Wildman–Crippen LogP) is 2.91. The van der Waals surface area contributed by atoms with E-state index in [2.05, 4.69) is 16.3 Å². The standard InChI is InChI=1S/C19H22N2O3/c1-13-6-9-17(24-13)18-12-21(10-11-23-18)16-8-7-14-4-2-3-5-15(14)20-19(16)22/h2-6,9,16,18H,7-8,10-12H2,1H3,(H,20,22)/t16-,18-/m0/s1. The van der Waals surface area contributed by atoms with E-state index in [4.69, 9.17) is 9.15 Å². The van der Waals surface area contributed by atoms with E-state index in [0.29, 0.717) is 13.2 Å². The number of nitrogens with one attached hydrogen (secondary N) is 1. The third-order valence-corrected chi connectivity index (χ3v) is 4.88. The van der Waals surface area contributed by atoms with Gasteiger partial charge in [0.2, 0.25) is 5.91 Å². The van der Waals surface area contributed by atoms with Gasteiger partial charge in [0.15, 0.2) is 0 Å². The third kappa shape index (κ3) is 2.97. The highest BCUT2D eigenvalue weighted by molar-refractivity contribution is 5.96. The summed E-state index contributed by atoms with van der Waals surface area (Å²) in [5.41, 5.74) is 2.15. The van der Waals surface area contributed by atoms with Crippen LogP contribution in [0, 0.1) is 6.92 Å². The molecule has 0 aliphatic carbocycles. The van der Waals surface area contributed by atoms with Crippen LogP contribution in [0.25, 0.3) is 0 Å². The SMILES string of the molecule is Cc1ccc([C@@H]2CN([C@H]3CCc4ccccc4NC3=O)CCO2)o1. The van der Waals surface area contributed by atoms with E-state index < -0.39 is 0 Å². The van der Waals surface area contributed by atoms with Crippen molar-refractivity contribution in [1.29, 1.82) is 0 Å². The van der Waals surface area contributed by atoms with Crippen LogP contribution in [-0.4, -0.2) is 36.5 Å². The topological polar surface area (TPSA) is 54.7 Å². The number of benzene rings is 1. The summed E-state index contributed by atoms with van der Waals surface area (Å²) in [6.07, 6.45) is 1.62. The van der Waals surface area contributed by atoms with Crippen LogP contribution in [0.15, 0.2) is 40.8 Å². The highest BCUT2D eigenvalue weighted by Crippen LogP contribution is 2.28. The van der Waals surface area contributed by atoms with E-state index in [0.717, 1.165) is 36.6 Å². The molecule has 0 radical (unpaired) electrons. The summed E-state index contributed by atoms with van der Waals surface area (Å²) in [5, 5.41) is 3.08. The lowest BCUT2D eigenvalue weighted by Gasteiger charge is -2.36. The minimum atomic E-state index is -0.125. The first kappa shape index (κ1) is 15.4. The van der Waals surface area contributed by atoms with Crippen LogP contribution in [-0.2, 0) is 16.0 Å². The van der Waals surface area contributed by atoms with Crippen molar-refractivity contribution < 1.29 is 13.9 Å². The number of hydrogen-bond donors (Lipinski definition) is 1. The molecule has 2 atom stereocenters. The number of carbonyl (C=O) groups is 1. The minimum Gasteiger partial charge on any atom is -0.464 e. The van der Waals surface area contributed by atoms with Gasteiger partial charge in [-0.3, -0.25) is 9.69 Å². The molecular weight excluding hydrogens is 304 g/mol. The second-order valence-corrected chi connectivity index (χ2v) is 6.50. The van der Waals surface area contributed by atoms with E-state index in [1.807, 2.05) is 37.3 Å². The number of morpholine rings is 1. The first-order chi connectivity index (χ1) is 11.7. The average molecular weight is 326 g/mol. The molecule has 24 heavy (non-hydrogen) atoms. The van der Waals surface area contributed by atoms with Crippen molar-refractivity contribution >= 4 is 11.6 Å². The minimum absolute atomic E-state index is 0.0798. The molecule has 5 nitrogen and oxygen atoms in total. The van der Waals surface area contributed by atoms with Crippen LogP contribution in [0.2, 0.25) is 0 Å². The van der Waals surface area contributed by atoms with Crippen molar-refractivity contribution in [3.8, 4) is 0 Å². The highest BCUT2D eigenvalue weighted by Gasteiger charge is 2.34. The molecule has 1 saturated heterocycles. The average Bonchev–Trinajstić information content (AvgIpc) is 2.95. The van der Waals surface area contributed by atoms with E-state index in [-0.39, 0.29) is 18.1 Å². The number of furan rings is 1. The number of rotatable bonds is 2. The number of ether oxygens (including phenoxy) is 1. The Labute approximate surface area is 141 Å². The Morgan fingerprint density at radius 3 is 2.92 bits per heavy atom. The number of amides is 1. The fourth-order valence-electron chi connectivity index (χ4n) is 3.60. The van der Waals surface area contributed by atoms with Crippen molar-refractivity contribution in [2.45, 2.75) is 31.9 Å². The Balaban J connectivity index is 1.50. The molecule has 126 valence electrons. The number of para-hydroxylation sites is 1. The Kier molecular flexibility index (Phi) is 4.12. The summed E-state index contributed by atoms with van der Waals surface area (Å²) in [6, 6.07) is 11.8. The van der Waals surface area contributed by atoms with E-state index in [9.17, 15) is 4.79 Å². The van der Waals surface area contributed by atoms with Gasteiger partial charge < -0.3 is 14.5 Å². The van der Waals surface area contributed by atoms with Gasteiger partial charge in [0, 0.05) is 18.8 Å². The van der Waals surface area contributed by atoms with Crippen LogP contribution in [0.1, 0.15) is 29.6 Å². The quantitative estimate of drug-likeness (QED) is 0.922. The fourth-order valence-corrected chi connectivity index (χ4v) is 3.60. The van der Waals surface area contributed by atoms with Gasteiger partial charge in [0.25, 0.3) is 0 Å². The second kappa shape index (κ2) is 6.42. The zero-order chi connectivity index (χ0) is 16.5. The molecule has 1 fully saturated rings. The van der Waals surface area contributed by atoms with Crippen molar-refractivity contribution in [2.75, 3.05) is 25.0 Å². The maximum Gasteiger partial charge on any atom is 0.241 e. The van der Waals surface area contributed by atoms with E-state index >= 15 is 0 Å². The Hall–Kier alpha value is -2.11. The molecule has 0 saturated carbocycles. The van der Waals surface area contributed by atoms with Gasteiger partial charge in [0.05, 0.1) is 12.6 Å². The number of aryl methyl sites for hydroxylation is 2. The molecule has 2 aromatic rings. The summed E-state index contributed by atoms with van der Waals surface area (Å²) in [6.45, 7) is 3.99. The first-order valence-electron chi connectivity index (χ1n) is 8.51. The molecule has 5 heteroatoms. The molecule has 0 bridgehead atoms. The van der Waals surface area contributed by atoms with Gasteiger partial charge in [-0.2, -0.15) is 0 Å². The fraction of sp³-hybridized carbons (Fsp3) is 0.421. The summed E-state index contributed by atoms with van der Waals surface area (Å²) < 4.78 is 11.6. The smallest absolute Gasteiger partial charge is 0.241 e. The molecule has 3 heterocycles. The lowest BCUT2D eigenvalue weighted by molar-refractivity contribution is -0.125. The molecule has 1 aromatic carbocycles. The Morgan fingerprint density at radius 2 is 2.08 bits per heavy atom. The molecule has 0 spiro atoms. The molecular formula is C19H22N2O3. The van der Waals surface area contributed by atoms with E-state index in [1.54, 1.807) is 0 Å². The van der Waals surface area contributed by atoms with Crippen LogP contribution in [0.4, 0.5) is 5.69 Å². The van der Waals surface area contributed by atoms with Gasteiger partial charge >= 0.3 is 0 Å². The molecule has 2 aliphatic rings. The Bertz CT molecular complexity index is 740. The lowest BCUT2D eigenvalue weighted by atomic mass is 10.0. The first-order valence-corrected chi connectivity index (χ1v) is 8.51. The molecule has 1 amide bonds. The van der Waals surface area contributed by atoms with Crippen LogP contribution in [0.3, 0.4) is 0 Å². The number of nitrogens with zero attached hydrogens (tertiary/aromatic N) is 1. The van der Waals surface area contributed by atoms with Gasteiger partial charge in [-0.05, 0) is 43.5 Å². The Morgan fingerprint density at radius 1 is 1.21 bits per heavy atom. The number of fused-ring (bicyclic) bond motifs is 1. The van der Waals surface area contributed by atoms with Gasteiger partial charge in [-0.15, -0.1) is 0 Å². The summed E-state index contributed by atoms with van der Waals surface area (Å²) in [4.78, 5) is 14.9. The maximum absolute atomic E-state index is 12.7. The molecule has 1 aromatic heterocycles. The van der Waals surface area contributed by atoms with E-state index in [1.165, 1.54) is 5.56 Å². The highest BCUT2D eigenvalue weighted by atomic mass is 16.5. The maximum atomic E-state index is 12.7. The van der Waals surface area contributed by atoms with Crippen molar-refractivity contribution in [2.24, 2.45) is 0 Å². The third-order valence-electron chi connectivity index (χ3n) is 4.88.